The Hall–Kier alpha value is -0.850. The fourth-order valence-corrected chi connectivity index (χ4v) is 1.36. The quantitative estimate of drug-likeness (QED) is 0.782. The Bertz CT molecular complexity index is 466. The number of anilines is 2. The summed E-state index contributed by atoms with van der Waals surface area (Å²) in [6, 6.07) is 0.142. The van der Waals surface area contributed by atoms with Crippen molar-refractivity contribution in [2.75, 3.05) is 17.2 Å². The average molecular weight is 327 g/mol. The molecule has 0 atom stereocenters. The van der Waals surface area contributed by atoms with Crippen molar-refractivity contribution < 1.29 is 4.79 Å². The number of alkyl halides is 2. The number of rotatable bonds is 6. The topological polar surface area (TPSA) is 79.8 Å². The number of ketones is 1. The van der Waals surface area contributed by atoms with Crippen molar-refractivity contribution in [3.8, 4) is 0 Å². The molecule has 0 amide bonds. The molecule has 1 rings (SSSR count). The molecule has 19 heavy (non-hydrogen) atoms. The molecule has 1 aromatic rings. The van der Waals surface area contributed by atoms with E-state index < -0.39 is 4.33 Å². The van der Waals surface area contributed by atoms with Gasteiger partial charge in [0, 0.05) is 6.04 Å². The second-order valence-corrected chi connectivity index (χ2v) is 5.99. The average Bonchev–Trinajstić information content (AvgIpc) is 2.24. The van der Waals surface area contributed by atoms with Crippen LogP contribution in [-0.4, -0.2) is 37.7 Å². The highest BCUT2D eigenvalue weighted by atomic mass is 35.5. The molecule has 0 bridgehead atoms. The van der Waals surface area contributed by atoms with Gasteiger partial charge in [0.25, 0.3) is 0 Å². The first-order chi connectivity index (χ1) is 8.70. The minimum Gasteiger partial charge on any atom is -0.352 e. The Labute approximate surface area is 126 Å². The zero-order valence-corrected chi connectivity index (χ0v) is 12.9. The fraction of sp³-hybridized carbons (Fsp3) is 0.600. The number of carbonyl (C=O) groups is 1. The SMILES string of the molecule is CC(=O)C(Cl)(Cl)CNc1nc(Cl)nc(NC(C)C)n1. The summed E-state index contributed by atoms with van der Waals surface area (Å²) in [6.07, 6.45) is 0. The molecule has 1 heterocycles. The van der Waals surface area contributed by atoms with Gasteiger partial charge >= 0.3 is 0 Å². The molecule has 0 spiro atoms. The Balaban J connectivity index is 2.79. The Morgan fingerprint density at radius 3 is 2.37 bits per heavy atom. The molecule has 106 valence electrons. The predicted octanol–water partition coefficient (Wildman–Crippen LogP) is 2.52. The van der Waals surface area contributed by atoms with E-state index in [-0.39, 0.29) is 29.6 Å². The van der Waals surface area contributed by atoms with Crippen LogP contribution in [0, 0.1) is 0 Å². The second kappa shape index (κ2) is 6.54. The maximum atomic E-state index is 11.2. The summed E-state index contributed by atoms with van der Waals surface area (Å²) in [5, 5.41) is 5.76. The van der Waals surface area contributed by atoms with Crippen molar-refractivity contribution in [2.24, 2.45) is 0 Å². The van der Waals surface area contributed by atoms with E-state index in [0.29, 0.717) is 5.95 Å². The summed E-state index contributed by atoms with van der Waals surface area (Å²) in [5.41, 5.74) is 0. The largest absolute Gasteiger partial charge is 0.352 e. The molecule has 0 aliphatic heterocycles. The van der Waals surface area contributed by atoms with Gasteiger partial charge in [-0.15, -0.1) is 0 Å². The summed E-state index contributed by atoms with van der Waals surface area (Å²) in [5.74, 6) is 0.147. The van der Waals surface area contributed by atoms with Crippen LogP contribution in [0.15, 0.2) is 0 Å². The van der Waals surface area contributed by atoms with E-state index in [1.165, 1.54) is 6.92 Å². The van der Waals surface area contributed by atoms with Crippen LogP contribution in [0.2, 0.25) is 5.28 Å². The number of carbonyl (C=O) groups excluding carboxylic acids is 1. The molecule has 0 fully saturated rings. The summed E-state index contributed by atoms with van der Waals surface area (Å²) < 4.78 is -1.54. The number of hydrogen-bond acceptors (Lipinski definition) is 6. The normalized spacial score (nSPS) is 11.5. The zero-order valence-electron chi connectivity index (χ0n) is 10.7. The van der Waals surface area contributed by atoms with E-state index in [0.717, 1.165) is 0 Å². The van der Waals surface area contributed by atoms with Crippen molar-refractivity contribution in [1.29, 1.82) is 0 Å². The molecule has 0 unspecified atom stereocenters. The van der Waals surface area contributed by atoms with Gasteiger partial charge < -0.3 is 10.6 Å². The molecule has 0 aromatic carbocycles. The monoisotopic (exact) mass is 325 g/mol. The molecule has 9 heteroatoms. The molecular weight excluding hydrogens is 313 g/mol. The van der Waals surface area contributed by atoms with Crippen LogP contribution < -0.4 is 10.6 Å². The Kier molecular flexibility index (Phi) is 5.58. The van der Waals surface area contributed by atoms with Gasteiger partial charge in [0.05, 0.1) is 6.54 Å². The van der Waals surface area contributed by atoms with Gasteiger partial charge in [-0.05, 0) is 32.4 Å². The lowest BCUT2D eigenvalue weighted by molar-refractivity contribution is -0.117. The molecular formula is C10H14Cl3N5O. The lowest BCUT2D eigenvalue weighted by Crippen LogP contribution is -2.32. The van der Waals surface area contributed by atoms with Gasteiger partial charge in [0.2, 0.25) is 17.2 Å². The molecule has 6 nitrogen and oxygen atoms in total. The highest BCUT2D eigenvalue weighted by Crippen LogP contribution is 2.22. The van der Waals surface area contributed by atoms with Gasteiger partial charge in [-0.2, -0.15) is 15.0 Å². The van der Waals surface area contributed by atoms with E-state index >= 15 is 0 Å². The number of aromatic nitrogens is 3. The number of nitrogens with zero attached hydrogens (tertiary/aromatic N) is 3. The number of hydrogen-bond donors (Lipinski definition) is 2. The van der Waals surface area contributed by atoms with Crippen molar-refractivity contribution in [3.05, 3.63) is 5.28 Å². The van der Waals surface area contributed by atoms with Crippen LogP contribution in [0.3, 0.4) is 0 Å². The van der Waals surface area contributed by atoms with Crippen LogP contribution in [0.25, 0.3) is 0 Å². The van der Waals surface area contributed by atoms with Crippen LogP contribution >= 0.6 is 34.8 Å². The Morgan fingerprint density at radius 1 is 1.26 bits per heavy atom. The molecule has 2 N–H and O–H groups in total. The summed E-state index contributed by atoms with van der Waals surface area (Å²) in [6.45, 7) is 5.13. The lowest BCUT2D eigenvalue weighted by atomic mass is 10.3. The molecule has 1 aromatic heterocycles. The molecule has 0 radical (unpaired) electrons. The standard InChI is InChI=1S/C10H14Cl3N5O/c1-5(2)15-9-17-7(11)16-8(18-9)14-4-10(12,13)6(3)19/h5H,4H2,1-3H3,(H2,14,15,16,17,18). The molecule has 0 saturated heterocycles. The summed E-state index contributed by atoms with van der Waals surface area (Å²) in [4.78, 5) is 23.0. The van der Waals surface area contributed by atoms with Gasteiger partial charge in [0.15, 0.2) is 10.1 Å². The summed E-state index contributed by atoms with van der Waals surface area (Å²) >= 11 is 17.4. The lowest BCUT2D eigenvalue weighted by Gasteiger charge is -2.17. The van der Waals surface area contributed by atoms with Crippen LogP contribution in [-0.2, 0) is 4.79 Å². The minimum atomic E-state index is -1.54. The van der Waals surface area contributed by atoms with Gasteiger partial charge in [-0.3, -0.25) is 4.79 Å². The first-order valence-corrected chi connectivity index (χ1v) is 6.65. The molecule has 0 aliphatic carbocycles. The number of Topliss-reactive ketones (excluding diaryl/α,β-unsaturated/α-hetero) is 1. The van der Waals surface area contributed by atoms with Gasteiger partial charge in [-0.25, -0.2) is 0 Å². The first kappa shape index (κ1) is 16.2. The van der Waals surface area contributed by atoms with E-state index in [9.17, 15) is 4.79 Å². The van der Waals surface area contributed by atoms with Crippen LogP contribution in [0.4, 0.5) is 11.9 Å². The van der Waals surface area contributed by atoms with Gasteiger partial charge in [0.1, 0.15) is 0 Å². The minimum absolute atomic E-state index is 0.0261. The van der Waals surface area contributed by atoms with E-state index in [2.05, 4.69) is 25.6 Å². The van der Waals surface area contributed by atoms with Gasteiger partial charge in [-0.1, -0.05) is 23.2 Å². The third kappa shape index (κ3) is 5.34. The third-order valence-electron chi connectivity index (χ3n) is 2.01. The van der Waals surface area contributed by atoms with Crippen molar-refractivity contribution in [1.82, 2.24) is 15.0 Å². The van der Waals surface area contributed by atoms with E-state index in [1.807, 2.05) is 13.8 Å². The maximum Gasteiger partial charge on any atom is 0.228 e. The van der Waals surface area contributed by atoms with Crippen molar-refractivity contribution in [3.63, 3.8) is 0 Å². The maximum absolute atomic E-state index is 11.2. The van der Waals surface area contributed by atoms with Crippen LogP contribution in [0.5, 0.6) is 0 Å². The Morgan fingerprint density at radius 2 is 1.84 bits per heavy atom. The number of halogens is 3. The van der Waals surface area contributed by atoms with Crippen molar-refractivity contribution in [2.45, 2.75) is 31.1 Å². The fourth-order valence-electron chi connectivity index (χ4n) is 1.07. The second-order valence-electron chi connectivity index (χ2n) is 4.16. The smallest absolute Gasteiger partial charge is 0.228 e. The van der Waals surface area contributed by atoms with E-state index in [1.54, 1.807) is 0 Å². The van der Waals surface area contributed by atoms with E-state index in [4.69, 9.17) is 34.8 Å². The molecule has 0 saturated carbocycles. The summed E-state index contributed by atoms with van der Waals surface area (Å²) in [7, 11) is 0. The van der Waals surface area contributed by atoms with Crippen LogP contribution in [0.1, 0.15) is 20.8 Å². The van der Waals surface area contributed by atoms with Crippen molar-refractivity contribution >= 4 is 52.5 Å². The highest BCUT2D eigenvalue weighted by molar-refractivity contribution is 6.58. The number of nitrogens with one attached hydrogen (secondary N) is 2. The highest BCUT2D eigenvalue weighted by Gasteiger charge is 2.30. The zero-order chi connectivity index (χ0) is 14.6. The molecule has 0 aliphatic rings. The third-order valence-corrected chi connectivity index (χ3v) is 2.98. The predicted molar refractivity (Wildman–Crippen MR) is 77.2 cm³/mol. The first-order valence-electron chi connectivity index (χ1n) is 5.51.